The number of amides is 1. The van der Waals surface area contributed by atoms with E-state index in [4.69, 9.17) is 23.1 Å². The van der Waals surface area contributed by atoms with Gasteiger partial charge in [0.05, 0.1) is 37.9 Å². The largest absolute Gasteiger partial charge is 0.497 e. The van der Waals surface area contributed by atoms with E-state index in [2.05, 4.69) is 104 Å². The molecule has 5 atom stereocenters. The number of hydrogen-bond acceptors (Lipinski definition) is 7. The first kappa shape index (κ1) is 45.8. The zero-order valence-electron chi connectivity index (χ0n) is 37.7. The molecule has 60 heavy (non-hydrogen) atoms. The first-order chi connectivity index (χ1) is 28.2. The molecule has 6 rings (SSSR count). The second-order valence-corrected chi connectivity index (χ2v) is 32.2. The van der Waals surface area contributed by atoms with Crippen LogP contribution in [0, 0.1) is 11.8 Å². The lowest BCUT2D eigenvalue weighted by Crippen LogP contribution is -2.72. The Morgan fingerprint density at radius 2 is 1.23 bits per heavy atom. The molecule has 4 aromatic rings. The molecule has 0 unspecified atom stereocenters. The summed E-state index contributed by atoms with van der Waals surface area (Å²) >= 11 is 0. The van der Waals surface area contributed by atoms with Crippen molar-refractivity contribution in [3.05, 3.63) is 121 Å². The monoisotopic (exact) mass is 867 g/mol. The fourth-order valence-electron chi connectivity index (χ4n) is 7.78. The van der Waals surface area contributed by atoms with Crippen LogP contribution >= 0.6 is 6.89 Å². The highest BCUT2D eigenvalue weighted by Crippen LogP contribution is 2.52. The first-order valence-electron chi connectivity index (χ1n) is 21.2. The highest BCUT2D eigenvalue weighted by molar-refractivity contribution is 7.96. The van der Waals surface area contributed by atoms with Crippen LogP contribution in [0.2, 0.25) is 36.3 Å². The number of rotatable bonds is 16. The lowest BCUT2D eigenvalue weighted by atomic mass is 9.75. The van der Waals surface area contributed by atoms with Crippen LogP contribution in [0.4, 0.5) is 0 Å². The van der Waals surface area contributed by atoms with Gasteiger partial charge < -0.3 is 28.0 Å². The van der Waals surface area contributed by atoms with E-state index in [-0.39, 0.29) is 34.6 Å². The minimum Gasteiger partial charge on any atom is -0.497 e. The van der Waals surface area contributed by atoms with Gasteiger partial charge in [-0.2, -0.15) is 0 Å². The second-order valence-electron chi connectivity index (χ2n) is 19.3. The van der Waals surface area contributed by atoms with Crippen LogP contribution in [0.1, 0.15) is 54.0 Å². The predicted octanol–water partition coefficient (Wildman–Crippen LogP) is 9.14. The van der Waals surface area contributed by atoms with E-state index in [1.807, 2.05) is 90.7 Å². The molecule has 2 fully saturated rings. The Morgan fingerprint density at radius 3 is 1.65 bits per heavy atom. The summed E-state index contributed by atoms with van der Waals surface area (Å²) in [6.45, 7) is 22.2. The highest BCUT2D eigenvalue weighted by Gasteiger charge is 2.62. The summed E-state index contributed by atoms with van der Waals surface area (Å²) in [5, 5.41) is 2.71. The fourth-order valence-corrected chi connectivity index (χ4v) is 14.6. The molecule has 0 bridgehead atoms. The van der Waals surface area contributed by atoms with Gasteiger partial charge in [0.15, 0.2) is 16.6 Å². The molecule has 0 aliphatic carbocycles. The Hall–Kier alpha value is -3.77. The summed E-state index contributed by atoms with van der Waals surface area (Å²) in [5.41, 5.74) is 1.16. The molecular weight excluding hydrogens is 802 g/mol. The van der Waals surface area contributed by atoms with Gasteiger partial charge in [0.1, 0.15) is 17.8 Å². The molecule has 2 aliphatic heterocycles. The maximum absolute atomic E-state index is 15.7. The standard InChI is InChI=1S/C49H66NO7PSi2/c1-35(57-60(11,12)49(5,6)7)43-44(41(42-34-54-42)33-56-59(9,10)48(2,3)4)50(45(43)51)46(47(52)55-32-36-28-30-37(53-8)31-29-36)58(38-22-16-13-17-23-38,39-24-18-14-19-25-39)40-26-20-15-21-27-40/h13-31,35,41-44H,32-34H2,1-12H3/t35-,41+,42-,43-,44-/m1/s1. The SMILES string of the molecule is COc1ccc(COC(=O)C(N2C(=O)[C@H]([C@@H](C)O[Si](C)(C)C(C)(C)C)[C@H]2[C@@H](CO[Si](C)(C)C(C)(C)C)[C@H]2CO2)=P(c2ccccc2)(c2ccccc2)c2ccccc2)cc1. The minimum atomic E-state index is -3.18. The number of carbonyl (C=O) groups is 2. The number of likely N-dealkylation sites (tertiary alicyclic amines) is 1. The molecule has 2 aliphatic rings. The Kier molecular flexibility index (Phi) is 13.7. The van der Waals surface area contributed by atoms with Crippen molar-refractivity contribution in [3.63, 3.8) is 0 Å². The normalized spacial score (nSPS) is 19.6. The lowest BCUT2D eigenvalue weighted by Gasteiger charge is -2.55. The van der Waals surface area contributed by atoms with Crippen LogP contribution in [0.15, 0.2) is 115 Å². The number of nitrogens with zero attached hydrogens (tertiary/aromatic N) is 1. The topological polar surface area (TPSA) is 86.8 Å². The molecule has 2 saturated heterocycles. The van der Waals surface area contributed by atoms with Crippen molar-refractivity contribution in [1.82, 2.24) is 4.90 Å². The first-order valence-corrected chi connectivity index (χ1v) is 28.8. The molecular formula is C49H66NO7PSi2. The number of methoxy groups -OCH3 is 1. The number of ether oxygens (including phenoxy) is 3. The van der Waals surface area contributed by atoms with Crippen molar-refractivity contribution in [2.75, 3.05) is 20.3 Å². The molecule has 8 nitrogen and oxygen atoms in total. The van der Waals surface area contributed by atoms with E-state index in [0.717, 1.165) is 21.5 Å². The number of benzene rings is 4. The van der Waals surface area contributed by atoms with E-state index >= 15 is 9.59 Å². The summed E-state index contributed by atoms with van der Waals surface area (Å²) in [6, 6.07) is 37.6. The molecule has 0 aromatic heterocycles. The van der Waals surface area contributed by atoms with Crippen molar-refractivity contribution < 1.29 is 32.7 Å². The van der Waals surface area contributed by atoms with Gasteiger partial charge in [0.25, 0.3) is 0 Å². The van der Waals surface area contributed by atoms with E-state index in [9.17, 15) is 0 Å². The third-order valence-electron chi connectivity index (χ3n) is 13.4. The molecule has 322 valence electrons. The maximum atomic E-state index is 15.7. The van der Waals surface area contributed by atoms with Gasteiger partial charge in [0.2, 0.25) is 5.91 Å². The van der Waals surface area contributed by atoms with E-state index < -0.39 is 47.6 Å². The van der Waals surface area contributed by atoms with E-state index in [1.165, 1.54) is 0 Å². The summed E-state index contributed by atoms with van der Waals surface area (Å²) < 4.78 is 32.2. The number of carbonyl (C=O) groups excluding carboxylic acids is 2. The van der Waals surface area contributed by atoms with Gasteiger partial charge in [0, 0.05) is 19.4 Å². The van der Waals surface area contributed by atoms with Crippen molar-refractivity contribution in [2.45, 2.75) is 110 Å². The third kappa shape index (κ3) is 9.20. The average Bonchev–Trinajstić information content (AvgIpc) is 4.05. The summed E-state index contributed by atoms with van der Waals surface area (Å²) in [5.74, 6) is -0.758. The number of hydrogen-bond donors (Lipinski definition) is 0. The van der Waals surface area contributed by atoms with Gasteiger partial charge in [-0.15, -0.1) is 0 Å². The Balaban J connectivity index is 1.65. The minimum absolute atomic E-state index is 0.00928. The van der Waals surface area contributed by atoms with Gasteiger partial charge >= 0.3 is 5.97 Å². The van der Waals surface area contributed by atoms with Crippen LogP contribution in [0.25, 0.3) is 0 Å². The summed E-state index contributed by atoms with van der Waals surface area (Å²) in [7, 11) is -2.97. The molecule has 4 aromatic carbocycles. The Bertz CT molecular complexity index is 2040. The van der Waals surface area contributed by atoms with Crippen LogP contribution in [0.3, 0.4) is 0 Å². The van der Waals surface area contributed by atoms with Crippen LogP contribution in [-0.2, 0) is 34.5 Å². The highest BCUT2D eigenvalue weighted by atomic mass is 31.2. The Labute approximate surface area is 361 Å². The fraction of sp³-hybridized carbons (Fsp3) is 0.449. The quantitative estimate of drug-likeness (QED) is 0.0365. The smallest absolute Gasteiger partial charge is 0.356 e. The number of epoxide rings is 1. The molecule has 0 N–H and O–H groups in total. The van der Waals surface area contributed by atoms with Gasteiger partial charge in [-0.25, -0.2) is 4.79 Å². The second kappa shape index (κ2) is 17.9. The number of esters is 1. The van der Waals surface area contributed by atoms with Crippen molar-refractivity contribution in [2.24, 2.45) is 11.8 Å². The molecule has 1 amide bonds. The van der Waals surface area contributed by atoms with Crippen molar-refractivity contribution >= 4 is 56.7 Å². The van der Waals surface area contributed by atoms with E-state index in [0.29, 0.717) is 24.4 Å². The predicted molar refractivity (Wildman–Crippen MR) is 251 cm³/mol. The number of β-lactam (4-membered cyclic amide) rings is 1. The Morgan fingerprint density at radius 1 is 0.767 bits per heavy atom. The molecule has 0 saturated carbocycles. The van der Waals surface area contributed by atoms with Gasteiger partial charge in [-0.05, 0) is 76.8 Å². The van der Waals surface area contributed by atoms with Crippen molar-refractivity contribution in [3.8, 4) is 5.75 Å². The summed E-state index contributed by atoms with van der Waals surface area (Å²) in [6.07, 6.45) is -0.573. The summed E-state index contributed by atoms with van der Waals surface area (Å²) in [4.78, 5) is 33.2. The molecule has 0 spiro atoms. The average molecular weight is 868 g/mol. The molecule has 0 radical (unpaired) electrons. The van der Waals surface area contributed by atoms with Gasteiger partial charge in [-0.3, -0.25) is 4.79 Å². The van der Waals surface area contributed by atoms with Crippen LogP contribution in [0.5, 0.6) is 5.75 Å². The van der Waals surface area contributed by atoms with E-state index in [1.54, 1.807) is 7.11 Å². The third-order valence-corrected chi connectivity index (χ3v) is 26.7. The van der Waals surface area contributed by atoms with Crippen molar-refractivity contribution in [1.29, 1.82) is 0 Å². The zero-order valence-corrected chi connectivity index (χ0v) is 40.6. The lowest BCUT2D eigenvalue weighted by molar-refractivity contribution is -0.162. The zero-order chi connectivity index (χ0) is 43.7. The van der Waals surface area contributed by atoms with Crippen LogP contribution in [-0.4, -0.2) is 77.4 Å². The van der Waals surface area contributed by atoms with Crippen LogP contribution < -0.4 is 20.7 Å². The van der Waals surface area contributed by atoms with Gasteiger partial charge in [-0.1, -0.05) is 145 Å². The molecule has 11 heteroatoms. The molecule has 2 heterocycles. The maximum Gasteiger partial charge on any atom is 0.356 e.